The van der Waals surface area contributed by atoms with Crippen molar-refractivity contribution in [1.82, 2.24) is 24.0 Å². The van der Waals surface area contributed by atoms with E-state index in [1.807, 2.05) is 42.4 Å². The summed E-state index contributed by atoms with van der Waals surface area (Å²) in [6, 6.07) is 2.16. The Kier molecular flexibility index (Phi) is 3.39. The number of nitrogens with zero attached hydrogens (tertiary/aromatic N) is 5. The molecule has 5 heteroatoms. The Hall–Kier alpha value is -2.69. The molecule has 0 atom stereocenters. The molecule has 0 aliphatic heterocycles. The van der Waals surface area contributed by atoms with Gasteiger partial charge in [0, 0.05) is 30.5 Å². The molecule has 4 heterocycles. The predicted molar refractivity (Wildman–Crippen MR) is 82.4 cm³/mol. The summed E-state index contributed by atoms with van der Waals surface area (Å²) in [6.45, 7) is 6.22. The molecule has 0 saturated heterocycles. The van der Waals surface area contributed by atoms with E-state index in [0.717, 1.165) is 11.1 Å². The first-order valence-corrected chi connectivity index (χ1v) is 6.79. The first-order valence-electron chi connectivity index (χ1n) is 6.79. The molecule has 106 valence electrons. The van der Waals surface area contributed by atoms with Crippen LogP contribution in [0.5, 0.6) is 0 Å². The van der Waals surface area contributed by atoms with E-state index >= 15 is 0 Å². The SMILES string of the molecule is Cc1cc(C)n2ccncc12.Cc1cnn2ccncc12. The van der Waals surface area contributed by atoms with Crippen molar-refractivity contribution >= 4 is 11.0 Å². The van der Waals surface area contributed by atoms with Crippen LogP contribution in [0, 0.1) is 20.8 Å². The zero-order valence-corrected chi connectivity index (χ0v) is 12.4. The average molecular weight is 279 g/mol. The topological polar surface area (TPSA) is 47.5 Å². The van der Waals surface area contributed by atoms with Crippen LogP contribution >= 0.6 is 0 Å². The molecule has 0 unspecified atom stereocenters. The molecule has 21 heavy (non-hydrogen) atoms. The molecule has 0 fully saturated rings. The van der Waals surface area contributed by atoms with Crippen LogP contribution < -0.4 is 0 Å². The Balaban J connectivity index is 0.000000126. The van der Waals surface area contributed by atoms with E-state index in [9.17, 15) is 0 Å². The fourth-order valence-electron chi connectivity index (χ4n) is 2.37. The number of fused-ring (bicyclic) bond motifs is 2. The van der Waals surface area contributed by atoms with Crippen molar-refractivity contribution in [2.24, 2.45) is 0 Å². The van der Waals surface area contributed by atoms with Gasteiger partial charge in [-0.15, -0.1) is 0 Å². The van der Waals surface area contributed by atoms with E-state index in [4.69, 9.17) is 0 Å². The summed E-state index contributed by atoms with van der Waals surface area (Å²) >= 11 is 0. The Morgan fingerprint density at radius 1 is 0.810 bits per heavy atom. The highest BCUT2D eigenvalue weighted by Gasteiger charge is 1.99. The van der Waals surface area contributed by atoms with Crippen molar-refractivity contribution in [2.75, 3.05) is 0 Å². The van der Waals surface area contributed by atoms with Gasteiger partial charge in [-0.3, -0.25) is 9.97 Å². The summed E-state index contributed by atoms with van der Waals surface area (Å²) in [4.78, 5) is 8.05. The van der Waals surface area contributed by atoms with Crippen LogP contribution in [0.25, 0.3) is 11.0 Å². The molecule has 0 bridgehead atoms. The smallest absolute Gasteiger partial charge is 0.0873 e. The normalized spacial score (nSPS) is 10.6. The van der Waals surface area contributed by atoms with E-state index in [1.165, 1.54) is 16.8 Å². The van der Waals surface area contributed by atoms with Crippen LogP contribution in [-0.4, -0.2) is 24.0 Å². The minimum Gasteiger partial charge on any atom is -0.318 e. The lowest BCUT2D eigenvalue weighted by Crippen LogP contribution is -1.85. The van der Waals surface area contributed by atoms with Gasteiger partial charge in [-0.1, -0.05) is 0 Å². The second kappa shape index (κ2) is 5.36. The summed E-state index contributed by atoms with van der Waals surface area (Å²) in [5, 5.41) is 4.09. The maximum Gasteiger partial charge on any atom is 0.0873 e. The van der Waals surface area contributed by atoms with Crippen molar-refractivity contribution in [3.8, 4) is 0 Å². The van der Waals surface area contributed by atoms with E-state index < -0.39 is 0 Å². The molecule has 0 spiro atoms. The number of hydrogen-bond acceptors (Lipinski definition) is 3. The van der Waals surface area contributed by atoms with Crippen LogP contribution in [-0.2, 0) is 0 Å². The van der Waals surface area contributed by atoms with Crippen LogP contribution in [0.4, 0.5) is 0 Å². The molecule has 4 rings (SSSR count). The lowest BCUT2D eigenvalue weighted by Gasteiger charge is -1.94. The highest BCUT2D eigenvalue weighted by Crippen LogP contribution is 2.13. The van der Waals surface area contributed by atoms with Gasteiger partial charge in [-0.25, -0.2) is 4.52 Å². The van der Waals surface area contributed by atoms with Gasteiger partial charge in [0.1, 0.15) is 0 Å². The number of hydrogen-bond donors (Lipinski definition) is 0. The fourth-order valence-corrected chi connectivity index (χ4v) is 2.37. The van der Waals surface area contributed by atoms with Crippen molar-refractivity contribution in [3.05, 3.63) is 66.3 Å². The van der Waals surface area contributed by atoms with Gasteiger partial charge >= 0.3 is 0 Å². The maximum atomic E-state index is 4.09. The van der Waals surface area contributed by atoms with E-state index in [1.54, 1.807) is 12.4 Å². The molecular formula is C16H17N5. The van der Waals surface area contributed by atoms with Gasteiger partial charge in [0.15, 0.2) is 0 Å². The first-order chi connectivity index (χ1) is 10.2. The standard InChI is InChI=1S/C9H10N2.C7H7N3/c1-7-5-8(2)11-4-3-10-6-9(7)11;1-6-4-9-10-3-2-8-5-7(6)10/h3-6H,1-2H3;2-5H,1H3. The third-order valence-electron chi connectivity index (χ3n) is 3.48. The summed E-state index contributed by atoms with van der Waals surface area (Å²) in [7, 11) is 0. The zero-order chi connectivity index (χ0) is 14.8. The highest BCUT2D eigenvalue weighted by molar-refractivity contribution is 5.55. The molecule has 4 aromatic rings. The van der Waals surface area contributed by atoms with Gasteiger partial charge in [-0.2, -0.15) is 5.10 Å². The number of aryl methyl sites for hydroxylation is 3. The number of rotatable bonds is 0. The van der Waals surface area contributed by atoms with Crippen LogP contribution in [0.2, 0.25) is 0 Å². The van der Waals surface area contributed by atoms with Crippen molar-refractivity contribution in [3.63, 3.8) is 0 Å². The molecule has 5 nitrogen and oxygen atoms in total. The van der Waals surface area contributed by atoms with E-state index in [0.29, 0.717) is 0 Å². The Bertz CT molecular complexity index is 852. The maximum absolute atomic E-state index is 4.09. The van der Waals surface area contributed by atoms with Crippen molar-refractivity contribution in [2.45, 2.75) is 20.8 Å². The Morgan fingerprint density at radius 3 is 2.24 bits per heavy atom. The first kappa shape index (κ1) is 13.3. The van der Waals surface area contributed by atoms with Gasteiger partial charge in [0.25, 0.3) is 0 Å². The quantitative estimate of drug-likeness (QED) is 0.497. The molecule has 4 aromatic heterocycles. The Morgan fingerprint density at radius 2 is 1.52 bits per heavy atom. The van der Waals surface area contributed by atoms with Gasteiger partial charge in [-0.05, 0) is 38.0 Å². The minimum absolute atomic E-state index is 1.07. The summed E-state index contributed by atoms with van der Waals surface area (Å²) in [5.74, 6) is 0. The molecule has 0 N–H and O–H groups in total. The Labute approximate surface area is 122 Å². The number of aromatic nitrogens is 5. The molecule has 0 aromatic carbocycles. The van der Waals surface area contributed by atoms with E-state index in [-0.39, 0.29) is 0 Å². The molecule has 0 aliphatic rings. The predicted octanol–water partition coefficient (Wildman–Crippen LogP) is 2.99. The third-order valence-corrected chi connectivity index (χ3v) is 3.48. The van der Waals surface area contributed by atoms with Crippen molar-refractivity contribution < 1.29 is 0 Å². The van der Waals surface area contributed by atoms with E-state index in [2.05, 4.69) is 39.4 Å². The molecular weight excluding hydrogens is 262 g/mol. The highest BCUT2D eigenvalue weighted by atomic mass is 15.2. The summed E-state index contributed by atoms with van der Waals surface area (Å²) in [5.41, 5.74) is 5.98. The van der Waals surface area contributed by atoms with Crippen LogP contribution in [0.1, 0.15) is 16.8 Å². The lowest BCUT2D eigenvalue weighted by atomic mass is 10.3. The zero-order valence-electron chi connectivity index (χ0n) is 12.4. The molecule has 0 aliphatic carbocycles. The van der Waals surface area contributed by atoms with Gasteiger partial charge < -0.3 is 4.40 Å². The second-order valence-electron chi connectivity index (χ2n) is 5.03. The summed E-state index contributed by atoms with van der Waals surface area (Å²) in [6.07, 6.45) is 12.9. The summed E-state index contributed by atoms with van der Waals surface area (Å²) < 4.78 is 3.95. The molecule has 0 saturated carbocycles. The minimum atomic E-state index is 1.07. The second-order valence-corrected chi connectivity index (χ2v) is 5.03. The van der Waals surface area contributed by atoms with Gasteiger partial charge in [0.05, 0.1) is 29.6 Å². The molecule has 0 amide bonds. The van der Waals surface area contributed by atoms with Crippen LogP contribution in [0.15, 0.2) is 49.4 Å². The monoisotopic (exact) mass is 279 g/mol. The third kappa shape index (κ3) is 2.50. The van der Waals surface area contributed by atoms with Crippen molar-refractivity contribution in [1.29, 1.82) is 0 Å². The average Bonchev–Trinajstić information content (AvgIpc) is 3.02. The molecule has 0 radical (unpaired) electrons. The van der Waals surface area contributed by atoms with Gasteiger partial charge in [0.2, 0.25) is 0 Å². The van der Waals surface area contributed by atoms with Crippen LogP contribution in [0.3, 0.4) is 0 Å². The fraction of sp³-hybridized carbons (Fsp3) is 0.188. The largest absolute Gasteiger partial charge is 0.318 e. The lowest BCUT2D eigenvalue weighted by molar-refractivity contribution is 0.946.